The maximum atomic E-state index is 12.3. The fraction of sp³-hybridized carbons (Fsp3) is 0.375. The fourth-order valence-electron chi connectivity index (χ4n) is 3.27. The summed E-state index contributed by atoms with van der Waals surface area (Å²) < 4.78 is 4.00. The number of nitrogens with one attached hydrogen (secondary N) is 2. The van der Waals surface area contributed by atoms with E-state index in [1.165, 1.54) is 28.2 Å². The van der Waals surface area contributed by atoms with Crippen molar-refractivity contribution in [3.63, 3.8) is 0 Å². The molecule has 158 valence electrons. The van der Waals surface area contributed by atoms with Gasteiger partial charge < -0.3 is 20.2 Å². The summed E-state index contributed by atoms with van der Waals surface area (Å²) in [7, 11) is 5.42. The summed E-state index contributed by atoms with van der Waals surface area (Å²) >= 11 is 0. The minimum absolute atomic E-state index is 0.00484. The number of aromatic nitrogens is 8. The van der Waals surface area contributed by atoms with Gasteiger partial charge in [0.25, 0.3) is 11.1 Å². The van der Waals surface area contributed by atoms with Gasteiger partial charge in [-0.1, -0.05) is 0 Å². The molecule has 2 unspecified atom stereocenters. The monoisotopic (exact) mass is 418 g/mol. The maximum Gasteiger partial charge on any atom is 0.332 e. The zero-order valence-electron chi connectivity index (χ0n) is 16.4. The second-order valence-electron chi connectivity index (χ2n) is 6.94. The van der Waals surface area contributed by atoms with Crippen molar-refractivity contribution in [2.45, 2.75) is 12.2 Å². The van der Waals surface area contributed by atoms with Crippen LogP contribution in [0.5, 0.6) is 0 Å². The van der Waals surface area contributed by atoms with E-state index >= 15 is 0 Å². The third-order valence-electron chi connectivity index (χ3n) is 5.09. The van der Waals surface area contributed by atoms with E-state index in [-0.39, 0.29) is 34.0 Å². The van der Waals surface area contributed by atoms with Crippen molar-refractivity contribution in [2.75, 3.05) is 0 Å². The Labute approximate surface area is 165 Å². The van der Waals surface area contributed by atoms with Crippen LogP contribution < -0.4 is 22.5 Å². The fourth-order valence-corrected chi connectivity index (χ4v) is 3.27. The van der Waals surface area contributed by atoms with Gasteiger partial charge >= 0.3 is 11.4 Å². The van der Waals surface area contributed by atoms with Crippen molar-refractivity contribution in [3.05, 3.63) is 53.3 Å². The first-order valence-electron chi connectivity index (χ1n) is 8.72. The lowest BCUT2D eigenvalue weighted by molar-refractivity contribution is 0.00775. The highest BCUT2D eigenvalue weighted by molar-refractivity contribution is 5.70. The average molecular weight is 418 g/mol. The van der Waals surface area contributed by atoms with E-state index in [1.807, 2.05) is 0 Å². The Balaban J connectivity index is 1.84. The van der Waals surface area contributed by atoms with Gasteiger partial charge in [0.1, 0.15) is 34.9 Å². The first-order chi connectivity index (χ1) is 14.0. The molecule has 0 bridgehead atoms. The van der Waals surface area contributed by atoms with Gasteiger partial charge in [-0.25, -0.2) is 19.6 Å². The molecule has 0 radical (unpaired) electrons. The van der Waals surface area contributed by atoms with Crippen molar-refractivity contribution in [3.8, 4) is 0 Å². The number of H-pyrrole nitrogens is 2. The number of aliphatic hydroxyl groups is 2. The third-order valence-corrected chi connectivity index (χ3v) is 5.09. The molecule has 0 amide bonds. The number of rotatable bonds is 3. The molecule has 0 fully saturated rings. The van der Waals surface area contributed by atoms with Crippen molar-refractivity contribution in [1.29, 1.82) is 0 Å². The van der Waals surface area contributed by atoms with Gasteiger partial charge in [0, 0.05) is 28.2 Å². The molecule has 0 aliphatic carbocycles. The molecule has 0 saturated heterocycles. The molecule has 0 saturated carbocycles. The molecule has 0 aliphatic heterocycles. The van der Waals surface area contributed by atoms with Gasteiger partial charge in [0.2, 0.25) is 0 Å². The molecular formula is C16H18N8O6. The lowest BCUT2D eigenvalue weighted by atomic mass is 10.2. The number of aromatic amines is 2. The normalized spacial score (nSPS) is 13.9. The number of aryl methyl sites for hydroxylation is 2. The SMILES string of the molecule is Cn1c(=O)c2[nH]c(C(O)C(O)c3nc4c([nH]3)c(=O)n(C)c(=O)n4C)nc2n(C)c1=O. The zero-order chi connectivity index (χ0) is 22.1. The van der Waals surface area contributed by atoms with E-state index in [4.69, 9.17) is 0 Å². The number of aliphatic hydroxyl groups excluding tert-OH is 2. The summed E-state index contributed by atoms with van der Waals surface area (Å²) in [5, 5.41) is 21.2. The highest BCUT2D eigenvalue weighted by atomic mass is 16.3. The van der Waals surface area contributed by atoms with Gasteiger partial charge in [-0.15, -0.1) is 0 Å². The third kappa shape index (κ3) is 2.50. The van der Waals surface area contributed by atoms with Crippen LogP contribution in [0.15, 0.2) is 19.2 Å². The summed E-state index contributed by atoms with van der Waals surface area (Å²) in [5.41, 5.74) is -2.53. The van der Waals surface area contributed by atoms with Crippen molar-refractivity contribution in [1.82, 2.24) is 38.2 Å². The van der Waals surface area contributed by atoms with Crippen LogP contribution in [-0.4, -0.2) is 48.4 Å². The average Bonchev–Trinajstić information content (AvgIpc) is 3.37. The highest BCUT2D eigenvalue weighted by Gasteiger charge is 2.28. The molecule has 4 N–H and O–H groups in total. The summed E-state index contributed by atoms with van der Waals surface area (Å²) in [6.07, 6.45) is -3.36. The Bertz CT molecular complexity index is 1440. The number of imidazole rings is 2. The Morgan fingerprint density at radius 3 is 1.33 bits per heavy atom. The molecule has 4 rings (SSSR count). The van der Waals surface area contributed by atoms with Crippen LogP contribution in [0.25, 0.3) is 22.3 Å². The Morgan fingerprint density at radius 1 is 0.667 bits per heavy atom. The molecule has 14 nitrogen and oxygen atoms in total. The largest absolute Gasteiger partial charge is 0.382 e. The number of hydrogen-bond acceptors (Lipinski definition) is 8. The van der Waals surface area contributed by atoms with Crippen LogP contribution >= 0.6 is 0 Å². The number of hydrogen-bond donors (Lipinski definition) is 4. The van der Waals surface area contributed by atoms with Gasteiger partial charge in [0.15, 0.2) is 11.3 Å². The quantitative estimate of drug-likeness (QED) is 0.271. The number of nitrogens with zero attached hydrogens (tertiary/aromatic N) is 6. The maximum absolute atomic E-state index is 12.3. The van der Waals surface area contributed by atoms with Gasteiger partial charge in [-0.2, -0.15) is 0 Å². The first-order valence-corrected chi connectivity index (χ1v) is 8.72. The van der Waals surface area contributed by atoms with E-state index in [0.717, 1.165) is 18.3 Å². The lowest BCUT2D eigenvalue weighted by Crippen LogP contribution is -2.36. The lowest BCUT2D eigenvalue weighted by Gasteiger charge is -2.13. The van der Waals surface area contributed by atoms with Gasteiger partial charge in [-0.05, 0) is 0 Å². The van der Waals surface area contributed by atoms with Crippen LogP contribution in [0.3, 0.4) is 0 Å². The van der Waals surface area contributed by atoms with Gasteiger partial charge in [0.05, 0.1) is 0 Å². The zero-order valence-corrected chi connectivity index (χ0v) is 16.4. The van der Waals surface area contributed by atoms with Crippen LogP contribution in [0.4, 0.5) is 0 Å². The Morgan fingerprint density at radius 2 is 1.00 bits per heavy atom. The molecule has 0 spiro atoms. The van der Waals surface area contributed by atoms with Crippen molar-refractivity contribution in [2.24, 2.45) is 28.2 Å². The molecule has 0 aliphatic rings. The minimum Gasteiger partial charge on any atom is -0.382 e. The summed E-state index contributed by atoms with van der Waals surface area (Å²) in [5.74, 6) is -0.365. The van der Waals surface area contributed by atoms with E-state index < -0.39 is 34.7 Å². The van der Waals surface area contributed by atoms with Gasteiger partial charge in [-0.3, -0.25) is 27.9 Å². The topological polar surface area (TPSA) is 186 Å². The standard InChI is InChI=1S/C16H18N8O6/c1-21-11-5(13(27)23(3)15(21)29)17-9(19-11)7(25)8(26)10-18-6-12(20-10)22(2)16(30)24(4)14(6)28/h7-8,25-26H,1-4H3,(H,17,19)(H,18,20). The second-order valence-corrected chi connectivity index (χ2v) is 6.94. The van der Waals surface area contributed by atoms with Crippen molar-refractivity contribution < 1.29 is 10.2 Å². The molecule has 4 aromatic heterocycles. The summed E-state index contributed by atoms with van der Waals surface area (Å²) in [6, 6.07) is 0. The molecule has 4 aromatic rings. The summed E-state index contributed by atoms with van der Waals surface area (Å²) in [6.45, 7) is 0. The Hall–Kier alpha value is -3.78. The van der Waals surface area contributed by atoms with E-state index in [1.54, 1.807) is 0 Å². The van der Waals surface area contributed by atoms with Crippen molar-refractivity contribution >= 4 is 22.3 Å². The molecule has 30 heavy (non-hydrogen) atoms. The number of fused-ring (bicyclic) bond motifs is 2. The highest BCUT2D eigenvalue weighted by Crippen LogP contribution is 2.26. The molecule has 2 atom stereocenters. The van der Waals surface area contributed by atoms with E-state index in [2.05, 4.69) is 19.9 Å². The molecular weight excluding hydrogens is 400 g/mol. The predicted octanol–water partition coefficient (Wildman–Crippen LogP) is -3.00. The smallest absolute Gasteiger partial charge is 0.332 e. The summed E-state index contributed by atoms with van der Waals surface area (Å²) in [4.78, 5) is 62.0. The van der Waals surface area contributed by atoms with Crippen LogP contribution in [0.1, 0.15) is 23.9 Å². The first kappa shape index (κ1) is 19.5. The van der Waals surface area contributed by atoms with E-state index in [0.29, 0.717) is 0 Å². The van der Waals surface area contributed by atoms with Crippen LogP contribution in [0.2, 0.25) is 0 Å². The van der Waals surface area contributed by atoms with E-state index in [9.17, 15) is 29.4 Å². The predicted molar refractivity (Wildman–Crippen MR) is 103 cm³/mol. The Kier molecular flexibility index (Phi) is 4.14. The molecule has 4 heterocycles. The molecule has 14 heteroatoms. The van der Waals surface area contributed by atoms with Crippen LogP contribution in [-0.2, 0) is 28.2 Å². The minimum atomic E-state index is -1.68. The van der Waals surface area contributed by atoms with Crippen LogP contribution in [0, 0.1) is 0 Å². The molecule has 0 aromatic carbocycles. The second kappa shape index (κ2) is 6.36.